The van der Waals surface area contributed by atoms with Crippen molar-refractivity contribution in [2.45, 2.75) is 26.4 Å². The van der Waals surface area contributed by atoms with E-state index in [-0.39, 0.29) is 11.2 Å². The van der Waals surface area contributed by atoms with Crippen LogP contribution in [0.2, 0.25) is 0 Å². The lowest BCUT2D eigenvalue weighted by Crippen LogP contribution is -2.41. The van der Waals surface area contributed by atoms with Gasteiger partial charge in [0.15, 0.2) is 11.2 Å². The van der Waals surface area contributed by atoms with Crippen LogP contribution in [0.1, 0.15) is 12.5 Å². The highest BCUT2D eigenvalue weighted by atomic mass is 16.4. The minimum atomic E-state index is -1.24. The Morgan fingerprint density at radius 1 is 1.19 bits per heavy atom. The Morgan fingerprint density at radius 2 is 1.89 bits per heavy atom. The van der Waals surface area contributed by atoms with Gasteiger partial charge >= 0.3 is 11.7 Å². The second kappa shape index (κ2) is 6.11. The van der Waals surface area contributed by atoms with E-state index in [0.29, 0.717) is 19.0 Å². The minimum Gasteiger partial charge on any atom is -0.480 e. The van der Waals surface area contributed by atoms with Crippen LogP contribution in [-0.2, 0) is 31.4 Å². The zero-order chi connectivity index (χ0) is 19.3. The topological polar surface area (TPSA) is 102 Å². The number of anilines is 2. The zero-order valence-corrected chi connectivity index (χ0v) is 15.0. The molecule has 1 aromatic carbocycles. The maximum Gasteiger partial charge on any atom is 0.333 e. The monoisotopic (exact) mass is 369 g/mol. The van der Waals surface area contributed by atoms with Gasteiger partial charge in [-0.15, -0.1) is 0 Å². The van der Waals surface area contributed by atoms with Crippen molar-refractivity contribution in [2.24, 2.45) is 7.05 Å². The molecule has 3 heterocycles. The van der Waals surface area contributed by atoms with Gasteiger partial charge < -0.3 is 14.6 Å². The van der Waals surface area contributed by atoms with Crippen LogP contribution in [0, 0.1) is 0 Å². The van der Waals surface area contributed by atoms with Crippen LogP contribution >= 0.6 is 0 Å². The van der Waals surface area contributed by atoms with Crippen molar-refractivity contribution in [2.75, 3.05) is 11.4 Å². The summed E-state index contributed by atoms with van der Waals surface area (Å²) in [5.41, 5.74) is 1.38. The van der Waals surface area contributed by atoms with Crippen LogP contribution in [0.4, 0.5) is 11.6 Å². The number of carbonyl (C=O) groups is 1. The van der Waals surface area contributed by atoms with Gasteiger partial charge in [-0.3, -0.25) is 14.2 Å². The van der Waals surface area contributed by atoms with Gasteiger partial charge in [0.1, 0.15) is 6.54 Å². The van der Waals surface area contributed by atoms with Crippen LogP contribution < -0.4 is 16.1 Å². The summed E-state index contributed by atoms with van der Waals surface area (Å²) in [6, 6.07) is 8.12. The molecule has 0 radical (unpaired) electrons. The molecule has 0 saturated carbocycles. The summed E-state index contributed by atoms with van der Waals surface area (Å²) < 4.78 is 3.71. The summed E-state index contributed by atoms with van der Waals surface area (Å²) in [4.78, 5) is 42.7. The van der Waals surface area contributed by atoms with Crippen molar-refractivity contribution in [3.05, 3.63) is 50.7 Å². The molecule has 0 bridgehead atoms. The molecule has 140 valence electrons. The molecule has 0 aliphatic carbocycles. The van der Waals surface area contributed by atoms with Crippen LogP contribution in [0.25, 0.3) is 11.2 Å². The Labute approximate surface area is 153 Å². The van der Waals surface area contributed by atoms with E-state index in [0.717, 1.165) is 16.7 Å². The van der Waals surface area contributed by atoms with E-state index in [4.69, 9.17) is 5.11 Å². The Kier molecular flexibility index (Phi) is 3.87. The first-order valence-corrected chi connectivity index (χ1v) is 8.70. The molecule has 1 aliphatic heterocycles. The molecule has 0 spiro atoms. The Bertz CT molecular complexity index is 1170. The number of rotatable bonds is 4. The number of carboxylic acids is 1. The van der Waals surface area contributed by atoms with Gasteiger partial charge in [0.05, 0.1) is 0 Å². The summed E-state index contributed by atoms with van der Waals surface area (Å²) in [6.07, 6.45) is 0.948. The predicted octanol–water partition coefficient (Wildman–Crippen LogP) is 0.695. The normalized spacial score (nSPS) is 13.3. The highest BCUT2D eigenvalue weighted by molar-refractivity contribution is 5.78. The van der Waals surface area contributed by atoms with Crippen molar-refractivity contribution in [1.82, 2.24) is 18.7 Å². The van der Waals surface area contributed by atoms with Crippen molar-refractivity contribution in [3.8, 4) is 0 Å². The van der Waals surface area contributed by atoms with Gasteiger partial charge in [0.25, 0.3) is 5.56 Å². The lowest BCUT2D eigenvalue weighted by molar-refractivity contribution is -0.137. The number of benzene rings is 1. The average molecular weight is 369 g/mol. The van der Waals surface area contributed by atoms with Crippen LogP contribution in [0.3, 0.4) is 0 Å². The minimum absolute atomic E-state index is 0.251. The van der Waals surface area contributed by atoms with Crippen molar-refractivity contribution < 1.29 is 9.90 Å². The fraction of sp³-hybridized carbons (Fsp3) is 0.333. The van der Waals surface area contributed by atoms with Gasteiger partial charge in [-0.05, 0) is 24.1 Å². The van der Waals surface area contributed by atoms with E-state index in [1.54, 1.807) is 4.57 Å². The molecule has 9 nitrogen and oxygen atoms in total. The number of aryl methyl sites for hydroxylation is 2. The number of hydrogen-bond donors (Lipinski definition) is 1. The van der Waals surface area contributed by atoms with E-state index in [9.17, 15) is 14.4 Å². The van der Waals surface area contributed by atoms with E-state index < -0.39 is 23.8 Å². The molecule has 0 unspecified atom stereocenters. The number of nitrogens with zero attached hydrogens (tertiary/aromatic N) is 5. The third-order valence-electron chi connectivity index (χ3n) is 4.95. The highest BCUT2D eigenvalue weighted by Crippen LogP contribution is 2.31. The summed E-state index contributed by atoms with van der Waals surface area (Å²) in [7, 11) is 1.49. The molecular formula is C18H19N5O4. The van der Waals surface area contributed by atoms with Crippen molar-refractivity contribution >= 4 is 28.8 Å². The zero-order valence-electron chi connectivity index (χ0n) is 15.0. The van der Waals surface area contributed by atoms with Crippen LogP contribution in [0.5, 0.6) is 0 Å². The maximum absolute atomic E-state index is 12.8. The summed E-state index contributed by atoms with van der Waals surface area (Å²) in [5.74, 6) is -0.665. The predicted molar refractivity (Wildman–Crippen MR) is 99.7 cm³/mol. The molecule has 0 fully saturated rings. The Morgan fingerprint density at radius 3 is 2.52 bits per heavy atom. The van der Waals surface area contributed by atoms with Gasteiger partial charge in [-0.25, -0.2) is 9.36 Å². The number of imidazole rings is 1. The third kappa shape index (κ3) is 2.54. The van der Waals surface area contributed by atoms with Gasteiger partial charge in [0.2, 0.25) is 5.95 Å². The maximum atomic E-state index is 12.8. The molecule has 1 N–H and O–H groups in total. The molecule has 4 rings (SSSR count). The first kappa shape index (κ1) is 17.1. The number of aliphatic carboxylic acids is 1. The molecule has 1 aliphatic rings. The molecule has 0 atom stereocenters. The van der Waals surface area contributed by atoms with Crippen molar-refractivity contribution in [3.63, 3.8) is 0 Å². The molecule has 9 heteroatoms. The molecule has 2 aromatic heterocycles. The van der Waals surface area contributed by atoms with E-state index in [1.165, 1.54) is 17.2 Å². The fourth-order valence-corrected chi connectivity index (χ4v) is 3.51. The second-order valence-corrected chi connectivity index (χ2v) is 6.53. The lowest BCUT2D eigenvalue weighted by Gasteiger charge is -2.16. The average Bonchev–Trinajstić information content (AvgIpc) is 3.22. The lowest BCUT2D eigenvalue weighted by atomic mass is 10.1. The van der Waals surface area contributed by atoms with Gasteiger partial charge in [0, 0.05) is 25.8 Å². The number of fused-ring (bicyclic) bond motifs is 3. The largest absolute Gasteiger partial charge is 0.480 e. The third-order valence-corrected chi connectivity index (χ3v) is 4.95. The van der Waals surface area contributed by atoms with E-state index >= 15 is 0 Å². The van der Waals surface area contributed by atoms with Crippen LogP contribution in [0.15, 0.2) is 33.9 Å². The second-order valence-electron chi connectivity index (χ2n) is 6.53. The Hall–Kier alpha value is -3.36. The van der Waals surface area contributed by atoms with E-state index in [2.05, 4.69) is 24.0 Å². The SMILES string of the molecule is CCc1ccc(N2CCn3c2nc2c3c(=O)n(CC(=O)O)c(=O)n2C)cc1. The summed E-state index contributed by atoms with van der Waals surface area (Å²) in [6.45, 7) is 2.59. The van der Waals surface area contributed by atoms with Crippen LogP contribution in [-0.4, -0.2) is 36.3 Å². The molecule has 0 amide bonds. The number of hydrogen-bond acceptors (Lipinski definition) is 5. The summed E-state index contributed by atoms with van der Waals surface area (Å²) >= 11 is 0. The summed E-state index contributed by atoms with van der Waals surface area (Å²) in [5, 5.41) is 9.02. The molecule has 3 aromatic rings. The first-order chi connectivity index (χ1) is 12.9. The smallest absolute Gasteiger partial charge is 0.333 e. The standard InChI is InChI=1S/C18H19N5O4/c1-3-11-4-6-12(7-5-11)21-8-9-22-14-15(19-17(21)22)20(2)18(27)23(16(14)26)10-13(24)25/h4-7H,3,8-10H2,1-2H3,(H,24,25). The quantitative estimate of drug-likeness (QED) is 0.726. The van der Waals surface area contributed by atoms with E-state index in [1.807, 2.05) is 17.0 Å². The Balaban J connectivity index is 1.90. The number of aromatic nitrogens is 4. The van der Waals surface area contributed by atoms with Crippen molar-refractivity contribution in [1.29, 1.82) is 0 Å². The van der Waals surface area contributed by atoms with Gasteiger partial charge in [-0.2, -0.15) is 4.98 Å². The molecule has 0 saturated heterocycles. The molecule has 27 heavy (non-hydrogen) atoms. The number of carboxylic acid groups (broad SMARTS) is 1. The first-order valence-electron chi connectivity index (χ1n) is 8.70. The van der Waals surface area contributed by atoms with Gasteiger partial charge in [-0.1, -0.05) is 19.1 Å². The molecular weight excluding hydrogens is 350 g/mol. The highest BCUT2D eigenvalue weighted by Gasteiger charge is 2.28. The fourth-order valence-electron chi connectivity index (χ4n) is 3.51.